The minimum Gasteiger partial charge on any atom is -0.354 e. The van der Waals surface area contributed by atoms with E-state index >= 15 is 0 Å². The van der Waals surface area contributed by atoms with Crippen molar-refractivity contribution in [3.05, 3.63) is 48.0 Å². The third kappa shape index (κ3) is 1.90. The van der Waals surface area contributed by atoms with Gasteiger partial charge in [-0.25, -0.2) is 0 Å². The number of rotatable bonds is 1. The summed E-state index contributed by atoms with van der Waals surface area (Å²) in [7, 11) is 0. The van der Waals surface area contributed by atoms with Gasteiger partial charge in [0.15, 0.2) is 0 Å². The molecular weight excluding hydrogens is 214 g/mol. The quantitative estimate of drug-likeness (QED) is 0.438. The number of fused-ring (bicyclic) bond motifs is 3. The average molecular weight is 229 g/mol. The highest BCUT2D eigenvalue weighted by Gasteiger charge is 2.05. The number of aromatic nitrogens is 1. The van der Waals surface area contributed by atoms with Gasteiger partial charge in [-0.15, -0.1) is 0 Å². The maximum absolute atomic E-state index is 6.00. The lowest BCUT2D eigenvalue weighted by molar-refractivity contribution is -0.176. The van der Waals surface area contributed by atoms with Crippen LogP contribution < -0.4 is 0 Å². The highest BCUT2D eigenvalue weighted by molar-refractivity contribution is 6.08. The third-order valence-corrected chi connectivity index (χ3v) is 3.01. The molecule has 0 saturated carbocycles. The molecule has 0 bridgehead atoms. The molecule has 3 N–H and O–H groups in total. The molecule has 0 amide bonds. The Morgan fingerprint density at radius 2 is 1.65 bits per heavy atom. The minimum absolute atomic E-state index is 1.07. The van der Waals surface area contributed by atoms with Crippen LogP contribution in [0.25, 0.3) is 21.8 Å². The largest absolute Gasteiger partial charge is 0.354 e. The van der Waals surface area contributed by atoms with E-state index < -0.39 is 0 Å². The van der Waals surface area contributed by atoms with Crippen LogP contribution in [-0.2, 0) is 6.42 Å². The summed E-state index contributed by atoms with van der Waals surface area (Å²) in [4.78, 5) is 3.50. The summed E-state index contributed by atoms with van der Waals surface area (Å²) in [6.45, 7) is 2.19. The lowest BCUT2D eigenvalue weighted by Crippen LogP contribution is -1.80. The second-order valence-electron chi connectivity index (χ2n) is 3.86. The first-order valence-electron chi connectivity index (χ1n) is 5.58. The second-order valence-corrected chi connectivity index (χ2v) is 3.86. The molecule has 3 heteroatoms. The van der Waals surface area contributed by atoms with E-state index in [9.17, 15) is 0 Å². The van der Waals surface area contributed by atoms with E-state index in [4.69, 9.17) is 10.5 Å². The fourth-order valence-corrected chi connectivity index (χ4v) is 2.23. The Hall–Kier alpha value is -1.84. The molecule has 0 atom stereocenters. The normalized spacial score (nSPS) is 10.3. The van der Waals surface area contributed by atoms with E-state index in [0.717, 1.165) is 6.42 Å². The Bertz CT molecular complexity index is 628. The van der Waals surface area contributed by atoms with Gasteiger partial charge < -0.3 is 4.98 Å². The molecule has 88 valence electrons. The molecule has 1 heterocycles. The standard InChI is InChI=1S/C14H13N.H2O2/c1-2-10-6-5-8-12-11-7-3-4-9-13(11)15-14(10)12;1-2/h3-9,15H,2H2,1H3;1-2H. The fourth-order valence-electron chi connectivity index (χ4n) is 2.23. The van der Waals surface area contributed by atoms with Crippen molar-refractivity contribution in [2.24, 2.45) is 0 Å². The maximum atomic E-state index is 6.00. The van der Waals surface area contributed by atoms with Crippen molar-refractivity contribution >= 4 is 21.8 Å². The summed E-state index contributed by atoms with van der Waals surface area (Å²) in [5.74, 6) is 0. The summed E-state index contributed by atoms with van der Waals surface area (Å²) in [6.07, 6.45) is 1.07. The first kappa shape index (κ1) is 11.6. The highest BCUT2D eigenvalue weighted by Crippen LogP contribution is 2.27. The van der Waals surface area contributed by atoms with Crippen molar-refractivity contribution < 1.29 is 10.5 Å². The van der Waals surface area contributed by atoms with Crippen LogP contribution in [0.4, 0.5) is 0 Å². The Kier molecular flexibility index (Phi) is 3.42. The topological polar surface area (TPSA) is 56.2 Å². The van der Waals surface area contributed by atoms with Crippen LogP contribution >= 0.6 is 0 Å². The van der Waals surface area contributed by atoms with Gasteiger partial charge in [0, 0.05) is 21.8 Å². The number of para-hydroxylation sites is 2. The van der Waals surface area contributed by atoms with Gasteiger partial charge in [-0.1, -0.05) is 43.3 Å². The van der Waals surface area contributed by atoms with Crippen LogP contribution in [0.1, 0.15) is 12.5 Å². The van der Waals surface area contributed by atoms with Crippen molar-refractivity contribution in [3.8, 4) is 0 Å². The Morgan fingerprint density at radius 3 is 2.41 bits per heavy atom. The minimum atomic E-state index is 1.07. The Morgan fingerprint density at radius 1 is 0.941 bits per heavy atom. The second kappa shape index (κ2) is 4.99. The van der Waals surface area contributed by atoms with E-state index in [1.807, 2.05) is 0 Å². The van der Waals surface area contributed by atoms with Crippen LogP contribution in [0.15, 0.2) is 42.5 Å². The van der Waals surface area contributed by atoms with E-state index in [0.29, 0.717) is 0 Å². The molecule has 2 aromatic carbocycles. The molecule has 3 aromatic rings. The van der Waals surface area contributed by atoms with Crippen LogP contribution in [-0.4, -0.2) is 15.5 Å². The predicted molar refractivity (Wildman–Crippen MR) is 70.4 cm³/mol. The zero-order chi connectivity index (χ0) is 12.3. The van der Waals surface area contributed by atoms with Gasteiger partial charge in [0.25, 0.3) is 0 Å². The Labute approximate surface area is 99.3 Å². The fraction of sp³-hybridized carbons (Fsp3) is 0.143. The number of H-pyrrole nitrogens is 1. The summed E-state index contributed by atoms with van der Waals surface area (Å²) in [5, 5.41) is 14.7. The molecule has 0 radical (unpaired) electrons. The van der Waals surface area contributed by atoms with Gasteiger partial charge in [0.1, 0.15) is 0 Å². The van der Waals surface area contributed by atoms with Crippen LogP contribution in [0.2, 0.25) is 0 Å². The van der Waals surface area contributed by atoms with Gasteiger partial charge in [-0.2, -0.15) is 0 Å². The number of hydrogen-bond acceptors (Lipinski definition) is 2. The van der Waals surface area contributed by atoms with Gasteiger partial charge in [-0.05, 0) is 18.1 Å². The SMILES string of the molecule is CCc1cccc2c1[nH]c1ccccc12.OO. The van der Waals surface area contributed by atoms with Crippen LogP contribution in [0.5, 0.6) is 0 Å². The molecule has 17 heavy (non-hydrogen) atoms. The molecule has 0 aliphatic carbocycles. The van der Waals surface area contributed by atoms with Crippen molar-refractivity contribution in [2.45, 2.75) is 13.3 Å². The number of nitrogens with one attached hydrogen (secondary N) is 1. The molecule has 1 aromatic heterocycles. The zero-order valence-electron chi connectivity index (χ0n) is 9.64. The smallest absolute Gasteiger partial charge is 0.0497 e. The molecule has 0 spiro atoms. The summed E-state index contributed by atoms with van der Waals surface area (Å²) < 4.78 is 0. The summed E-state index contributed by atoms with van der Waals surface area (Å²) >= 11 is 0. The molecule has 0 unspecified atom stereocenters. The van der Waals surface area contributed by atoms with Crippen molar-refractivity contribution in [3.63, 3.8) is 0 Å². The lowest BCUT2D eigenvalue weighted by atomic mass is 10.1. The van der Waals surface area contributed by atoms with E-state index in [-0.39, 0.29) is 0 Å². The van der Waals surface area contributed by atoms with Gasteiger partial charge in [-0.3, -0.25) is 10.5 Å². The molecular formula is C14H15NO2. The highest BCUT2D eigenvalue weighted by atomic mass is 17.0. The third-order valence-electron chi connectivity index (χ3n) is 3.01. The Balaban J connectivity index is 0.000000514. The van der Waals surface area contributed by atoms with E-state index in [1.165, 1.54) is 27.4 Å². The van der Waals surface area contributed by atoms with Crippen molar-refractivity contribution in [1.82, 2.24) is 4.98 Å². The van der Waals surface area contributed by atoms with Crippen LogP contribution in [0.3, 0.4) is 0 Å². The zero-order valence-corrected chi connectivity index (χ0v) is 9.64. The van der Waals surface area contributed by atoms with Crippen molar-refractivity contribution in [2.75, 3.05) is 0 Å². The number of aryl methyl sites for hydroxylation is 1. The van der Waals surface area contributed by atoms with Gasteiger partial charge in [0.05, 0.1) is 0 Å². The van der Waals surface area contributed by atoms with Crippen LogP contribution in [0, 0.1) is 0 Å². The summed E-state index contributed by atoms with van der Waals surface area (Å²) in [6, 6.07) is 15.0. The maximum Gasteiger partial charge on any atom is 0.0497 e. The first-order valence-corrected chi connectivity index (χ1v) is 5.58. The van der Waals surface area contributed by atoms with Gasteiger partial charge >= 0.3 is 0 Å². The average Bonchev–Trinajstić information content (AvgIpc) is 2.79. The molecule has 0 aliphatic heterocycles. The van der Waals surface area contributed by atoms with Crippen molar-refractivity contribution in [1.29, 1.82) is 0 Å². The number of benzene rings is 2. The molecule has 0 saturated heterocycles. The van der Waals surface area contributed by atoms with E-state index in [1.54, 1.807) is 0 Å². The van der Waals surface area contributed by atoms with Gasteiger partial charge in [0.2, 0.25) is 0 Å². The summed E-state index contributed by atoms with van der Waals surface area (Å²) in [5.41, 5.74) is 3.92. The van der Waals surface area contributed by atoms with E-state index in [2.05, 4.69) is 54.4 Å². The monoisotopic (exact) mass is 229 g/mol. The molecule has 0 fully saturated rings. The molecule has 0 aliphatic rings. The number of hydrogen-bond donors (Lipinski definition) is 3. The predicted octanol–water partition coefficient (Wildman–Crippen LogP) is 3.90. The molecule has 3 rings (SSSR count). The molecule has 3 nitrogen and oxygen atoms in total. The lowest BCUT2D eigenvalue weighted by Gasteiger charge is -1.97. The number of aromatic amines is 1. The first-order chi connectivity index (χ1) is 8.40.